The Bertz CT molecular complexity index is 881. The molecule has 1 aromatic heterocycles. The third-order valence-corrected chi connectivity index (χ3v) is 5.95. The van der Waals surface area contributed by atoms with Crippen molar-refractivity contribution in [3.63, 3.8) is 0 Å². The molecule has 0 saturated carbocycles. The van der Waals surface area contributed by atoms with Crippen molar-refractivity contribution in [3.05, 3.63) is 28.7 Å². The molecule has 0 bridgehead atoms. The van der Waals surface area contributed by atoms with Crippen LogP contribution in [-0.2, 0) is 28.9 Å². The molecule has 8 heteroatoms. The van der Waals surface area contributed by atoms with E-state index in [1.807, 2.05) is 6.92 Å². The van der Waals surface area contributed by atoms with Gasteiger partial charge in [-0.25, -0.2) is 13.2 Å². The fourth-order valence-corrected chi connectivity index (χ4v) is 4.32. The number of hydrogen-bond acceptors (Lipinski definition) is 4. The van der Waals surface area contributed by atoms with Gasteiger partial charge in [0.2, 0.25) is 10.0 Å². The molecule has 1 aliphatic heterocycles. The number of sulfonamides is 1. The number of aryl methyl sites for hydroxylation is 2. The van der Waals surface area contributed by atoms with Crippen molar-refractivity contribution in [1.82, 2.24) is 13.4 Å². The topological polar surface area (TPSA) is 73.5 Å². The lowest BCUT2D eigenvalue weighted by atomic mass is 10.3. The van der Waals surface area contributed by atoms with Gasteiger partial charge in [-0.15, -0.1) is 0 Å². The quantitative estimate of drug-likeness (QED) is 0.795. The minimum Gasteiger partial charge on any atom is -0.376 e. The van der Waals surface area contributed by atoms with Crippen molar-refractivity contribution < 1.29 is 13.2 Å². The smallest absolute Gasteiger partial charge is 0.328 e. The van der Waals surface area contributed by atoms with Crippen LogP contribution < -0.4 is 5.69 Å². The molecular weight excluding hydrogens is 306 g/mol. The van der Waals surface area contributed by atoms with Crippen LogP contribution in [0, 0.1) is 0 Å². The highest BCUT2D eigenvalue weighted by Crippen LogP contribution is 2.22. The second-order valence-corrected chi connectivity index (χ2v) is 7.53. The Labute approximate surface area is 128 Å². The first-order valence-electron chi connectivity index (χ1n) is 7.09. The number of benzene rings is 1. The van der Waals surface area contributed by atoms with Crippen molar-refractivity contribution in [2.24, 2.45) is 14.1 Å². The van der Waals surface area contributed by atoms with Crippen LogP contribution in [0.15, 0.2) is 27.9 Å². The Morgan fingerprint density at radius 2 is 1.86 bits per heavy atom. The second-order valence-electron chi connectivity index (χ2n) is 5.60. The van der Waals surface area contributed by atoms with Gasteiger partial charge in [-0.3, -0.25) is 9.13 Å². The van der Waals surface area contributed by atoms with Crippen LogP contribution in [0.2, 0.25) is 0 Å². The molecule has 0 aliphatic carbocycles. The van der Waals surface area contributed by atoms with Crippen LogP contribution >= 0.6 is 0 Å². The predicted octanol–water partition coefficient (Wildman–Crippen LogP) is 0.286. The Morgan fingerprint density at radius 3 is 2.55 bits per heavy atom. The molecule has 1 unspecified atom stereocenters. The Morgan fingerprint density at radius 1 is 1.18 bits per heavy atom. The van der Waals surface area contributed by atoms with E-state index in [2.05, 4.69) is 0 Å². The van der Waals surface area contributed by atoms with E-state index in [1.165, 1.54) is 13.4 Å². The van der Waals surface area contributed by atoms with E-state index >= 15 is 0 Å². The van der Waals surface area contributed by atoms with Crippen LogP contribution in [0.3, 0.4) is 0 Å². The first-order valence-corrected chi connectivity index (χ1v) is 8.53. The summed E-state index contributed by atoms with van der Waals surface area (Å²) in [6.45, 7) is 2.94. The lowest BCUT2D eigenvalue weighted by Gasteiger charge is -2.30. The fourth-order valence-electron chi connectivity index (χ4n) is 2.80. The van der Waals surface area contributed by atoms with Crippen LogP contribution in [0.4, 0.5) is 0 Å². The molecule has 1 saturated heterocycles. The van der Waals surface area contributed by atoms with E-state index in [0.717, 1.165) is 0 Å². The lowest BCUT2D eigenvalue weighted by molar-refractivity contribution is 0.0102. The number of fused-ring (bicyclic) bond motifs is 1. The van der Waals surface area contributed by atoms with Gasteiger partial charge < -0.3 is 4.74 Å². The molecule has 2 aromatic rings. The fraction of sp³-hybridized carbons (Fsp3) is 0.500. The van der Waals surface area contributed by atoms with Gasteiger partial charge in [-0.2, -0.15) is 4.31 Å². The molecule has 0 N–H and O–H groups in total. The van der Waals surface area contributed by atoms with Crippen molar-refractivity contribution in [2.45, 2.75) is 17.9 Å². The van der Waals surface area contributed by atoms with Crippen LogP contribution in [0.25, 0.3) is 11.0 Å². The standard InChI is InChI=1S/C14H19N3O4S/c1-10-9-17(6-7-21-10)22(19,20)11-4-5-12-13(8-11)16(3)14(18)15(12)2/h4-5,8,10H,6-7,9H2,1-3H3. The number of imidazole rings is 1. The highest BCUT2D eigenvalue weighted by Gasteiger charge is 2.29. The molecule has 2 heterocycles. The molecule has 7 nitrogen and oxygen atoms in total. The van der Waals surface area contributed by atoms with E-state index in [0.29, 0.717) is 30.7 Å². The number of nitrogens with zero attached hydrogens (tertiary/aromatic N) is 3. The van der Waals surface area contributed by atoms with E-state index in [-0.39, 0.29) is 16.7 Å². The third-order valence-electron chi connectivity index (χ3n) is 4.09. The molecule has 1 aliphatic rings. The van der Waals surface area contributed by atoms with Crippen molar-refractivity contribution in [2.75, 3.05) is 19.7 Å². The summed E-state index contributed by atoms with van der Waals surface area (Å²) in [7, 11) is -0.272. The highest BCUT2D eigenvalue weighted by atomic mass is 32.2. The largest absolute Gasteiger partial charge is 0.376 e. The summed E-state index contributed by atoms with van der Waals surface area (Å²) in [5.41, 5.74) is 1.14. The van der Waals surface area contributed by atoms with Gasteiger partial charge in [0, 0.05) is 27.2 Å². The summed E-state index contributed by atoms with van der Waals surface area (Å²) >= 11 is 0. The summed E-state index contributed by atoms with van der Waals surface area (Å²) in [6.07, 6.45) is -0.117. The molecule has 0 spiro atoms. The number of ether oxygens (including phenoxy) is 1. The zero-order chi connectivity index (χ0) is 16.1. The predicted molar refractivity (Wildman–Crippen MR) is 82.3 cm³/mol. The average molecular weight is 325 g/mol. The first-order chi connectivity index (χ1) is 10.3. The molecule has 1 aromatic carbocycles. The molecule has 3 rings (SSSR count). The van der Waals surface area contributed by atoms with E-state index in [1.54, 1.807) is 32.3 Å². The van der Waals surface area contributed by atoms with Gasteiger partial charge in [0.15, 0.2) is 0 Å². The monoisotopic (exact) mass is 325 g/mol. The maximum absolute atomic E-state index is 12.8. The van der Waals surface area contributed by atoms with Crippen LogP contribution in [0.5, 0.6) is 0 Å². The minimum atomic E-state index is -3.58. The number of morpholine rings is 1. The van der Waals surface area contributed by atoms with Crippen LogP contribution in [-0.4, -0.2) is 47.7 Å². The Kier molecular flexibility index (Phi) is 3.62. The van der Waals surface area contributed by atoms with Gasteiger partial charge in [0.1, 0.15) is 0 Å². The van der Waals surface area contributed by atoms with Gasteiger partial charge in [0.05, 0.1) is 28.6 Å². The molecule has 22 heavy (non-hydrogen) atoms. The van der Waals surface area contributed by atoms with Gasteiger partial charge in [-0.05, 0) is 25.1 Å². The molecular formula is C14H19N3O4S. The summed E-state index contributed by atoms with van der Waals surface area (Å²) in [5.74, 6) is 0. The molecule has 120 valence electrons. The lowest BCUT2D eigenvalue weighted by Crippen LogP contribution is -2.44. The zero-order valence-electron chi connectivity index (χ0n) is 12.8. The molecule has 1 fully saturated rings. The summed E-state index contributed by atoms with van der Waals surface area (Å²) < 4.78 is 35.3. The number of hydrogen-bond donors (Lipinski definition) is 0. The molecule has 0 radical (unpaired) electrons. The highest BCUT2D eigenvalue weighted by molar-refractivity contribution is 7.89. The summed E-state index contributed by atoms with van der Waals surface area (Å²) in [6, 6.07) is 4.79. The molecule has 0 amide bonds. The van der Waals surface area contributed by atoms with E-state index in [9.17, 15) is 13.2 Å². The normalized spacial score (nSPS) is 20.6. The number of rotatable bonds is 2. The van der Waals surface area contributed by atoms with Crippen molar-refractivity contribution in [1.29, 1.82) is 0 Å². The number of aromatic nitrogens is 2. The zero-order valence-corrected chi connectivity index (χ0v) is 13.6. The van der Waals surface area contributed by atoms with Crippen molar-refractivity contribution >= 4 is 21.1 Å². The van der Waals surface area contributed by atoms with Gasteiger partial charge >= 0.3 is 5.69 Å². The van der Waals surface area contributed by atoms with E-state index < -0.39 is 10.0 Å². The molecule has 1 atom stereocenters. The maximum atomic E-state index is 12.8. The average Bonchev–Trinajstić information content (AvgIpc) is 2.72. The Hall–Kier alpha value is -1.64. The summed E-state index contributed by atoms with van der Waals surface area (Å²) in [5, 5.41) is 0. The second kappa shape index (κ2) is 5.22. The minimum absolute atomic E-state index is 0.117. The van der Waals surface area contributed by atoms with Crippen LogP contribution in [0.1, 0.15) is 6.92 Å². The third kappa shape index (κ3) is 2.27. The SMILES string of the molecule is CC1CN(S(=O)(=O)c2ccc3c(c2)n(C)c(=O)n3C)CCO1. The van der Waals surface area contributed by atoms with Gasteiger partial charge in [0.25, 0.3) is 0 Å². The van der Waals surface area contributed by atoms with Crippen molar-refractivity contribution in [3.8, 4) is 0 Å². The Balaban J connectivity index is 2.09. The van der Waals surface area contributed by atoms with E-state index in [4.69, 9.17) is 4.74 Å². The maximum Gasteiger partial charge on any atom is 0.328 e. The first kappa shape index (κ1) is 15.3. The summed E-state index contributed by atoms with van der Waals surface area (Å²) in [4.78, 5) is 12.1. The van der Waals surface area contributed by atoms with Gasteiger partial charge in [-0.1, -0.05) is 0 Å².